The molecule has 0 saturated carbocycles. The van der Waals surface area contributed by atoms with Gasteiger partial charge >= 0.3 is 10.3 Å². The summed E-state index contributed by atoms with van der Waals surface area (Å²) in [7, 11) is -2.71. The van der Waals surface area contributed by atoms with E-state index in [0.717, 1.165) is 18.4 Å². The summed E-state index contributed by atoms with van der Waals surface area (Å²) >= 11 is 6.33. The van der Waals surface area contributed by atoms with Crippen molar-refractivity contribution in [3.8, 4) is 0 Å². The zero-order valence-corrected chi connectivity index (χ0v) is 17.7. The summed E-state index contributed by atoms with van der Waals surface area (Å²) in [5.74, 6) is -4.05. The van der Waals surface area contributed by atoms with Crippen LogP contribution in [-0.4, -0.2) is 83.7 Å². The molecule has 1 aromatic heterocycles. The number of carbonyl (C=O) groups excluding carboxylic acids is 4. The van der Waals surface area contributed by atoms with Gasteiger partial charge < -0.3 is 20.8 Å². The molecule has 1 aliphatic rings. The normalized spacial score (nSPS) is 19.0. The quantitative estimate of drug-likeness (QED) is 0.105. The van der Waals surface area contributed by atoms with Crippen LogP contribution in [0.15, 0.2) is 10.5 Å². The van der Waals surface area contributed by atoms with Crippen LogP contribution in [0.5, 0.6) is 0 Å². The van der Waals surface area contributed by atoms with Gasteiger partial charge in [-0.15, -0.1) is 22.9 Å². The van der Waals surface area contributed by atoms with E-state index in [1.807, 2.05) is 0 Å². The van der Waals surface area contributed by atoms with Gasteiger partial charge in [-0.1, -0.05) is 5.16 Å². The van der Waals surface area contributed by atoms with Crippen molar-refractivity contribution in [3.05, 3.63) is 11.1 Å². The number of thiazole rings is 1. The lowest BCUT2D eigenvalue weighted by Crippen LogP contribution is -2.75. The van der Waals surface area contributed by atoms with Crippen LogP contribution in [0.1, 0.15) is 5.69 Å². The Hall–Kier alpha value is -2.82. The van der Waals surface area contributed by atoms with Crippen LogP contribution in [0.25, 0.3) is 0 Å². The Labute approximate surface area is 178 Å². The second kappa shape index (κ2) is 9.33. The lowest BCUT2D eigenvalue weighted by molar-refractivity contribution is -0.151. The smallest absolute Gasteiger partial charge is 0.363 e. The fourth-order valence-corrected chi connectivity index (χ4v) is 3.99. The van der Waals surface area contributed by atoms with E-state index >= 15 is 0 Å². The molecule has 17 heteroatoms. The van der Waals surface area contributed by atoms with Crippen molar-refractivity contribution < 1.29 is 37.0 Å². The monoisotopic (exact) mass is 482 g/mol. The number of alkyl halides is 1. The minimum absolute atomic E-state index is 0.0425. The lowest BCUT2D eigenvalue weighted by atomic mass is 9.97. The number of likely N-dealkylation sites (N-methyl/N-ethyl adjacent to an activating group) is 1. The standard InChI is InChI=1S/C13H15ClN6O8S2/c1-15-11(23)9-8(12(24)20(9)30(25,26)27)18-10(22)7(19-28-2)5-4-29-13(16-5)17-6(21)3-14/h4,8-9H,3H2,1-2H3,(H,15,23)(H,18,22)(H,16,17,21)(H,25,26,27)/t8-,9-/m0/s1. The number of hydrogen-bond donors (Lipinski definition) is 4. The van der Waals surface area contributed by atoms with E-state index in [4.69, 9.17) is 16.2 Å². The highest BCUT2D eigenvalue weighted by atomic mass is 35.5. The van der Waals surface area contributed by atoms with Crippen LogP contribution in [0.4, 0.5) is 5.13 Å². The Morgan fingerprint density at radius 1 is 1.43 bits per heavy atom. The highest BCUT2D eigenvalue weighted by Gasteiger charge is 2.57. The van der Waals surface area contributed by atoms with Crippen molar-refractivity contribution in [3.63, 3.8) is 0 Å². The maximum Gasteiger partial charge on any atom is 0.363 e. The molecule has 0 spiro atoms. The first kappa shape index (κ1) is 23.5. The van der Waals surface area contributed by atoms with Crippen LogP contribution in [0.3, 0.4) is 0 Å². The number of carbonyl (C=O) groups is 4. The van der Waals surface area contributed by atoms with Gasteiger partial charge in [0.15, 0.2) is 16.9 Å². The van der Waals surface area contributed by atoms with Crippen LogP contribution in [0, 0.1) is 0 Å². The summed E-state index contributed by atoms with van der Waals surface area (Å²) in [4.78, 5) is 56.5. The highest BCUT2D eigenvalue weighted by Crippen LogP contribution is 2.24. The average Bonchev–Trinajstić information content (AvgIpc) is 3.13. The summed E-state index contributed by atoms with van der Waals surface area (Å²) < 4.78 is 31.7. The van der Waals surface area contributed by atoms with E-state index in [0.29, 0.717) is 0 Å². The third-order valence-electron chi connectivity index (χ3n) is 3.61. The lowest BCUT2D eigenvalue weighted by Gasteiger charge is -2.42. The van der Waals surface area contributed by atoms with Crippen molar-refractivity contribution in [2.45, 2.75) is 12.1 Å². The Bertz CT molecular complexity index is 1010. The molecular formula is C13H15ClN6O8S2. The molecule has 1 fully saturated rings. The van der Waals surface area contributed by atoms with Crippen molar-refractivity contribution in [1.82, 2.24) is 19.9 Å². The molecule has 2 heterocycles. The summed E-state index contributed by atoms with van der Waals surface area (Å²) in [6.45, 7) is 0. The van der Waals surface area contributed by atoms with Crippen LogP contribution < -0.4 is 16.0 Å². The van der Waals surface area contributed by atoms with Gasteiger partial charge in [-0.05, 0) is 0 Å². The molecule has 0 aliphatic carbocycles. The van der Waals surface area contributed by atoms with Gasteiger partial charge in [0.05, 0.1) is 0 Å². The number of halogens is 1. The Kier molecular flexibility index (Phi) is 7.30. The number of nitrogens with zero attached hydrogens (tertiary/aromatic N) is 3. The SMILES string of the molecule is CNC(=O)[C@@H]1[C@H](NC(=O)C(=NOC)c2csc(NC(=O)CCl)n2)C(=O)N1S(=O)(=O)O. The summed E-state index contributed by atoms with van der Waals surface area (Å²) in [5.41, 5.74) is -0.465. The molecule has 0 unspecified atom stereocenters. The Balaban J connectivity index is 2.25. The molecule has 30 heavy (non-hydrogen) atoms. The van der Waals surface area contributed by atoms with E-state index in [2.05, 4.69) is 30.9 Å². The van der Waals surface area contributed by atoms with Gasteiger partial charge in [0.2, 0.25) is 11.8 Å². The highest BCUT2D eigenvalue weighted by molar-refractivity contribution is 7.84. The van der Waals surface area contributed by atoms with Gasteiger partial charge in [-0.25, -0.2) is 4.98 Å². The maximum absolute atomic E-state index is 12.6. The second-order valence-corrected chi connectivity index (χ2v) is 7.88. The molecule has 0 aromatic carbocycles. The van der Waals surface area contributed by atoms with E-state index in [1.54, 1.807) is 0 Å². The molecule has 2 atom stereocenters. The first-order valence-corrected chi connectivity index (χ1v) is 10.6. The zero-order chi connectivity index (χ0) is 22.6. The molecule has 14 nitrogen and oxygen atoms in total. The molecule has 1 aliphatic heterocycles. The molecular weight excluding hydrogens is 468 g/mol. The molecule has 4 N–H and O–H groups in total. The number of aromatic nitrogens is 1. The first-order valence-electron chi connectivity index (χ1n) is 7.81. The summed E-state index contributed by atoms with van der Waals surface area (Å²) in [6.07, 6.45) is 0. The minimum atomic E-state index is -5.03. The molecule has 1 aromatic rings. The van der Waals surface area contributed by atoms with E-state index < -0.39 is 51.7 Å². The first-order chi connectivity index (χ1) is 14.0. The van der Waals surface area contributed by atoms with E-state index in [-0.39, 0.29) is 21.0 Å². The molecule has 4 amide bonds. The molecule has 2 rings (SSSR count). The topological polar surface area (TPSA) is 196 Å². The third-order valence-corrected chi connectivity index (χ3v) is 5.52. The molecule has 1 saturated heterocycles. The number of hydrogen-bond acceptors (Lipinski definition) is 10. The number of oxime groups is 1. The Morgan fingerprint density at radius 2 is 2.10 bits per heavy atom. The number of amides is 4. The minimum Gasteiger partial charge on any atom is -0.398 e. The van der Waals surface area contributed by atoms with Gasteiger partial charge in [-0.3, -0.25) is 23.7 Å². The van der Waals surface area contributed by atoms with Gasteiger partial charge in [0.1, 0.15) is 24.7 Å². The maximum atomic E-state index is 12.6. The largest absolute Gasteiger partial charge is 0.398 e. The van der Waals surface area contributed by atoms with Crippen molar-refractivity contribution in [2.75, 3.05) is 25.4 Å². The van der Waals surface area contributed by atoms with Crippen LogP contribution in [0.2, 0.25) is 0 Å². The van der Waals surface area contributed by atoms with Gasteiger partial charge in [-0.2, -0.15) is 12.7 Å². The third kappa shape index (κ3) is 4.84. The summed E-state index contributed by atoms with van der Waals surface area (Å²) in [5, 5.41) is 11.6. The van der Waals surface area contributed by atoms with Crippen molar-refractivity contribution in [1.29, 1.82) is 0 Å². The summed E-state index contributed by atoms with van der Waals surface area (Å²) in [6, 6.07) is -3.31. The van der Waals surface area contributed by atoms with Crippen molar-refractivity contribution in [2.24, 2.45) is 5.16 Å². The van der Waals surface area contributed by atoms with Crippen LogP contribution in [-0.2, 0) is 34.3 Å². The van der Waals surface area contributed by atoms with E-state index in [9.17, 15) is 27.6 Å². The van der Waals surface area contributed by atoms with Crippen LogP contribution >= 0.6 is 22.9 Å². The molecule has 0 bridgehead atoms. The second-order valence-electron chi connectivity index (χ2n) is 5.46. The predicted molar refractivity (Wildman–Crippen MR) is 103 cm³/mol. The fourth-order valence-electron chi connectivity index (χ4n) is 2.36. The molecule has 0 radical (unpaired) electrons. The van der Waals surface area contributed by atoms with E-state index in [1.165, 1.54) is 12.4 Å². The fraction of sp³-hybridized carbons (Fsp3) is 0.385. The van der Waals surface area contributed by atoms with Gasteiger partial charge in [0, 0.05) is 12.4 Å². The van der Waals surface area contributed by atoms with Crippen molar-refractivity contribution >= 4 is 67.7 Å². The predicted octanol–water partition coefficient (Wildman–Crippen LogP) is -2.08. The number of β-lactam (4-membered cyclic amide) rings is 1. The average molecular weight is 483 g/mol. The number of anilines is 1. The van der Waals surface area contributed by atoms with Gasteiger partial charge in [0.25, 0.3) is 11.8 Å². The molecule has 164 valence electrons. The zero-order valence-electron chi connectivity index (χ0n) is 15.3. The number of rotatable bonds is 8. The number of nitrogens with one attached hydrogen (secondary N) is 3. The Morgan fingerprint density at radius 3 is 2.63 bits per heavy atom.